The van der Waals surface area contributed by atoms with Gasteiger partial charge < -0.3 is 15.4 Å². The summed E-state index contributed by atoms with van der Waals surface area (Å²) in [5, 5.41) is 0. The Balaban J connectivity index is 2.40. The summed E-state index contributed by atoms with van der Waals surface area (Å²) in [4.78, 5) is 12.3. The number of carbonyl (C=O) groups excluding carboxylic acids is 1. The average molecular weight is 144 g/mol. The normalized spacial score (nSPS) is 26.4. The summed E-state index contributed by atoms with van der Waals surface area (Å²) in [5.74, 6) is 0.308. The van der Waals surface area contributed by atoms with Gasteiger partial charge in [0.15, 0.2) is 0 Å². The lowest BCUT2D eigenvalue weighted by molar-refractivity contribution is 0.0555. The molecular weight excluding hydrogens is 132 g/mol. The number of amides is 1. The molecule has 1 amide bonds. The molecule has 0 aromatic rings. The predicted molar refractivity (Wildman–Crippen MR) is 36.5 cm³/mol. The minimum absolute atomic E-state index is 0.246. The van der Waals surface area contributed by atoms with Gasteiger partial charge in [-0.1, -0.05) is 0 Å². The average Bonchev–Trinajstić information content (AvgIpc) is 1.95. The van der Waals surface area contributed by atoms with E-state index in [1.54, 1.807) is 11.9 Å². The van der Waals surface area contributed by atoms with Crippen molar-refractivity contribution in [2.45, 2.75) is 0 Å². The van der Waals surface area contributed by atoms with E-state index in [2.05, 4.69) is 0 Å². The Hall–Kier alpha value is -0.770. The van der Waals surface area contributed by atoms with Gasteiger partial charge in [0.1, 0.15) is 0 Å². The number of rotatable bonds is 1. The van der Waals surface area contributed by atoms with Crippen LogP contribution in [0.2, 0.25) is 0 Å². The fourth-order valence-electron chi connectivity index (χ4n) is 0.956. The third-order valence-corrected chi connectivity index (χ3v) is 1.62. The number of hydrogen-bond acceptors (Lipinski definition) is 3. The van der Waals surface area contributed by atoms with E-state index in [0.717, 1.165) is 6.54 Å². The largest absolute Gasteiger partial charge is 0.449 e. The van der Waals surface area contributed by atoms with Crippen molar-refractivity contribution in [2.75, 3.05) is 26.7 Å². The SMILES string of the molecule is CN1CC(CN)COC1=O. The highest BCUT2D eigenvalue weighted by molar-refractivity contribution is 5.67. The first-order valence-electron chi connectivity index (χ1n) is 3.32. The summed E-state index contributed by atoms with van der Waals surface area (Å²) >= 11 is 0. The molecule has 58 valence electrons. The molecule has 1 fully saturated rings. The summed E-state index contributed by atoms with van der Waals surface area (Å²) < 4.78 is 4.80. The molecule has 1 heterocycles. The second kappa shape index (κ2) is 2.88. The summed E-state index contributed by atoms with van der Waals surface area (Å²) in [5.41, 5.74) is 5.39. The number of cyclic esters (lactones) is 1. The van der Waals surface area contributed by atoms with Gasteiger partial charge in [-0.25, -0.2) is 4.79 Å². The maximum absolute atomic E-state index is 10.7. The first-order chi connectivity index (χ1) is 4.74. The van der Waals surface area contributed by atoms with Crippen molar-refractivity contribution >= 4 is 6.09 Å². The molecule has 0 spiro atoms. The number of nitrogens with two attached hydrogens (primary N) is 1. The topological polar surface area (TPSA) is 55.6 Å². The molecule has 1 saturated heterocycles. The first-order valence-corrected chi connectivity index (χ1v) is 3.32. The van der Waals surface area contributed by atoms with Gasteiger partial charge in [-0.2, -0.15) is 0 Å². The van der Waals surface area contributed by atoms with E-state index >= 15 is 0 Å². The zero-order chi connectivity index (χ0) is 7.56. The van der Waals surface area contributed by atoms with E-state index in [9.17, 15) is 4.79 Å². The highest BCUT2D eigenvalue weighted by Gasteiger charge is 2.22. The van der Waals surface area contributed by atoms with Gasteiger partial charge >= 0.3 is 6.09 Å². The Morgan fingerprint density at radius 3 is 3.10 bits per heavy atom. The second-order valence-corrected chi connectivity index (χ2v) is 2.56. The monoisotopic (exact) mass is 144 g/mol. The molecule has 1 rings (SSSR count). The molecule has 1 aliphatic rings. The van der Waals surface area contributed by atoms with Crippen LogP contribution < -0.4 is 5.73 Å². The minimum Gasteiger partial charge on any atom is -0.449 e. The Morgan fingerprint density at radius 1 is 1.90 bits per heavy atom. The lowest BCUT2D eigenvalue weighted by Crippen LogP contribution is -2.43. The van der Waals surface area contributed by atoms with E-state index in [0.29, 0.717) is 19.1 Å². The number of carbonyl (C=O) groups is 1. The van der Waals surface area contributed by atoms with Crippen LogP contribution in [0.15, 0.2) is 0 Å². The Labute approximate surface area is 59.9 Å². The number of hydrogen-bond donors (Lipinski definition) is 1. The van der Waals surface area contributed by atoms with Gasteiger partial charge in [-0.15, -0.1) is 0 Å². The van der Waals surface area contributed by atoms with Gasteiger partial charge in [-0.05, 0) is 0 Å². The van der Waals surface area contributed by atoms with Crippen molar-refractivity contribution in [2.24, 2.45) is 11.7 Å². The Morgan fingerprint density at radius 2 is 2.60 bits per heavy atom. The Kier molecular flexibility index (Phi) is 2.11. The first kappa shape index (κ1) is 7.34. The van der Waals surface area contributed by atoms with Gasteiger partial charge in [0.25, 0.3) is 0 Å². The van der Waals surface area contributed by atoms with Crippen LogP contribution in [0.3, 0.4) is 0 Å². The summed E-state index contributed by atoms with van der Waals surface area (Å²) in [6.45, 7) is 1.77. The molecular formula is C6H12N2O2. The Bertz CT molecular complexity index is 138. The highest BCUT2D eigenvalue weighted by atomic mass is 16.6. The molecule has 10 heavy (non-hydrogen) atoms. The summed E-state index contributed by atoms with van der Waals surface area (Å²) in [6.07, 6.45) is -0.246. The zero-order valence-electron chi connectivity index (χ0n) is 6.04. The van der Waals surface area contributed by atoms with E-state index in [1.807, 2.05) is 0 Å². The van der Waals surface area contributed by atoms with E-state index in [4.69, 9.17) is 10.5 Å². The molecule has 1 unspecified atom stereocenters. The highest BCUT2D eigenvalue weighted by Crippen LogP contribution is 2.06. The van der Waals surface area contributed by atoms with Crippen molar-refractivity contribution in [3.05, 3.63) is 0 Å². The van der Waals surface area contributed by atoms with Crippen LogP contribution in [0.5, 0.6) is 0 Å². The smallest absolute Gasteiger partial charge is 0.409 e. The maximum Gasteiger partial charge on any atom is 0.409 e. The van der Waals surface area contributed by atoms with Gasteiger partial charge in [0.05, 0.1) is 6.61 Å². The predicted octanol–water partition coefficient (Wildman–Crippen LogP) is -0.357. The fraction of sp³-hybridized carbons (Fsp3) is 0.833. The molecule has 0 aromatic heterocycles. The molecule has 4 heteroatoms. The van der Waals surface area contributed by atoms with Crippen LogP contribution in [0.25, 0.3) is 0 Å². The molecule has 0 aliphatic carbocycles. The number of nitrogens with zero attached hydrogens (tertiary/aromatic N) is 1. The fourth-order valence-corrected chi connectivity index (χ4v) is 0.956. The molecule has 0 bridgehead atoms. The van der Waals surface area contributed by atoms with Crippen LogP contribution in [0, 0.1) is 5.92 Å². The quantitative estimate of drug-likeness (QED) is 0.547. The van der Waals surface area contributed by atoms with Gasteiger partial charge in [-0.3, -0.25) is 0 Å². The van der Waals surface area contributed by atoms with E-state index in [1.165, 1.54) is 0 Å². The van der Waals surface area contributed by atoms with Crippen LogP contribution in [0.4, 0.5) is 4.79 Å². The third-order valence-electron chi connectivity index (χ3n) is 1.62. The van der Waals surface area contributed by atoms with Gasteiger partial charge in [0, 0.05) is 26.1 Å². The van der Waals surface area contributed by atoms with Crippen LogP contribution >= 0.6 is 0 Å². The van der Waals surface area contributed by atoms with Gasteiger partial charge in [0.2, 0.25) is 0 Å². The second-order valence-electron chi connectivity index (χ2n) is 2.56. The molecule has 0 aromatic carbocycles. The van der Waals surface area contributed by atoms with Crippen LogP contribution in [0.1, 0.15) is 0 Å². The van der Waals surface area contributed by atoms with Crippen molar-refractivity contribution in [3.8, 4) is 0 Å². The minimum atomic E-state index is -0.246. The lowest BCUT2D eigenvalue weighted by atomic mass is 10.1. The molecule has 4 nitrogen and oxygen atoms in total. The molecule has 0 saturated carbocycles. The van der Waals surface area contributed by atoms with Crippen molar-refractivity contribution in [3.63, 3.8) is 0 Å². The van der Waals surface area contributed by atoms with Crippen molar-refractivity contribution in [1.29, 1.82) is 0 Å². The standard InChI is InChI=1S/C6H12N2O2/c1-8-3-5(2-7)4-10-6(8)9/h5H,2-4,7H2,1H3. The summed E-state index contributed by atoms with van der Waals surface area (Å²) in [6, 6.07) is 0. The third kappa shape index (κ3) is 1.39. The van der Waals surface area contributed by atoms with Crippen molar-refractivity contribution in [1.82, 2.24) is 4.90 Å². The molecule has 1 aliphatic heterocycles. The number of ether oxygens (including phenoxy) is 1. The van der Waals surface area contributed by atoms with E-state index in [-0.39, 0.29) is 6.09 Å². The maximum atomic E-state index is 10.7. The van der Waals surface area contributed by atoms with Crippen LogP contribution in [-0.4, -0.2) is 37.7 Å². The van der Waals surface area contributed by atoms with E-state index < -0.39 is 0 Å². The lowest BCUT2D eigenvalue weighted by Gasteiger charge is -2.28. The molecule has 0 radical (unpaired) electrons. The summed E-state index contributed by atoms with van der Waals surface area (Å²) in [7, 11) is 1.71. The molecule has 1 atom stereocenters. The molecule has 2 N–H and O–H groups in total. The van der Waals surface area contributed by atoms with Crippen LogP contribution in [-0.2, 0) is 4.74 Å². The zero-order valence-corrected chi connectivity index (χ0v) is 6.04. The van der Waals surface area contributed by atoms with Crippen molar-refractivity contribution < 1.29 is 9.53 Å².